The average molecular weight is 900 g/mol. The molecule has 0 amide bonds. The van der Waals surface area contributed by atoms with Crippen molar-refractivity contribution in [3.63, 3.8) is 0 Å². The van der Waals surface area contributed by atoms with E-state index in [0.717, 1.165) is 109 Å². The number of benzene rings is 2. The standard InChI is InChI=1S/C51H69N3O7S2/c1-31(56)25-53-26-43-39-10-5-8-33(39)16-19-45-42(43)24-46(54-45)48(58)28-60-50-21-32(14-20-47(50)57)13-17-38-22-37(27-55)49(61-38)12-4-2-3-7-36-30-63-62-29-35-9-6-11-41-40(35)18-15-34(51(41)59)23-44(36)52/h6,9,11,14-15,18,20-22,24,31,33-34,36,39,43-44,48,51,53-59H,2-5,7-8,10,12-13,16-17,19,23,25-30,52H2,1H3. The number of ether oxygens (including phenoxy) is 1. The Morgan fingerprint density at radius 1 is 1.00 bits per heavy atom. The van der Waals surface area contributed by atoms with Gasteiger partial charge < -0.3 is 50.7 Å². The Bertz CT molecular complexity index is 2130. The molecular formula is C51H69N3O7S2. The summed E-state index contributed by atoms with van der Waals surface area (Å²) in [6, 6.07) is 15.8. The number of hydrogen-bond acceptors (Lipinski definition) is 11. The average Bonchev–Trinajstić information content (AvgIpc) is 4.02. The van der Waals surface area contributed by atoms with Crippen LogP contribution in [0.4, 0.5) is 0 Å². The number of H-pyrrole nitrogens is 1. The van der Waals surface area contributed by atoms with Gasteiger partial charge in [-0.1, -0.05) is 83.7 Å². The number of rotatable bonds is 18. The van der Waals surface area contributed by atoms with Gasteiger partial charge in [0.25, 0.3) is 0 Å². The van der Waals surface area contributed by atoms with E-state index in [1.54, 1.807) is 13.0 Å². The van der Waals surface area contributed by atoms with E-state index < -0.39 is 18.3 Å². The van der Waals surface area contributed by atoms with Crippen molar-refractivity contribution in [2.45, 2.75) is 133 Å². The van der Waals surface area contributed by atoms with Gasteiger partial charge in [-0.2, -0.15) is 0 Å². The Balaban J connectivity index is 0.805. The van der Waals surface area contributed by atoms with Crippen LogP contribution in [-0.4, -0.2) is 68.1 Å². The van der Waals surface area contributed by atoms with Crippen molar-refractivity contribution in [3.05, 3.63) is 111 Å². The molecule has 9 atom stereocenters. The Hall–Kier alpha value is -3.20. The molecule has 2 aromatic carbocycles. The number of nitrogens with one attached hydrogen (secondary N) is 2. The minimum absolute atomic E-state index is 0.00163. The fraction of sp³-hybridized carbons (Fsp3) is 0.569. The summed E-state index contributed by atoms with van der Waals surface area (Å²) in [5, 5.41) is 56.8. The van der Waals surface area contributed by atoms with Gasteiger partial charge in [0.15, 0.2) is 11.5 Å². The van der Waals surface area contributed by atoms with Gasteiger partial charge >= 0.3 is 0 Å². The van der Waals surface area contributed by atoms with Crippen LogP contribution in [0, 0.1) is 23.7 Å². The van der Waals surface area contributed by atoms with Crippen molar-refractivity contribution < 1.29 is 34.7 Å². The Kier molecular flexibility index (Phi) is 16.1. The molecule has 5 aliphatic rings. The summed E-state index contributed by atoms with van der Waals surface area (Å²) < 4.78 is 12.4. The van der Waals surface area contributed by atoms with E-state index in [0.29, 0.717) is 42.9 Å². The lowest BCUT2D eigenvalue weighted by Crippen LogP contribution is -2.35. The van der Waals surface area contributed by atoms with Crippen molar-refractivity contribution in [2.75, 3.05) is 25.4 Å². The van der Waals surface area contributed by atoms with Crippen LogP contribution < -0.4 is 15.8 Å². The van der Waals surface area contributed by atoms with E-state index in [-0.39, 0.29) is 30.9 Å². The number of aromatic hydroxyl groups is 1. The molecule has 2 aliphatic heterocycles. The smallest absolute Gasteiger partial charge is 0.161 e. The highest BCUT2D eigenvalue weighted by atomic mass is 33.1. The van der Waals surface area contributed by atoms with E-state index in [9.17, 15) is 25.5 Å². The second-order valence-electron chi connectivity index (χ2n) is 18.8. The highest BCUT2D eigenvalue weighted by molar-refractivity contribution is 8.76. The summed E-state index contributed by atoms with van der Waals surface area (Å²) in [5.74, 6) is 6.00. The van der Waals surface area contributed by atoms with Gasteiger partial charge in [0.05, 0.1) is 18.8 Å². The second-order valence-corrected chi connectivity index (χ2v) is 21.3. The molecule has 10 nitrogen and oxygen atoms in total. The molecule has 342 valence electrons. The molecule has 12 heteroatoms. The topological polar surface area (TPSA) is 177 Å². The van der Waals surface area contributed by atoms with Gasteiger partial charge in [-0.05, 0) is 122 Å². The number of phenolic OH excluding ortho intramolecular Hbond substituents is 1. The predicted octanol–water partition coefficient (Wildman–Crippen LogP) is 8.83. The monoisotopic (exact) mass is 899 g/mol. The first-order valence-corrected chi connectivity index (χ1v) is 26.1. The predicted molar refractivity (Wildman–Crippen MR) is 254 cm³/mol. The third-order valence-electron chi connectivity index (χ3n) is 14.4. The molecule has 4 aromatic rings. The molecule has 9 rings (SSSR count). The van der Waals surface area contributed by atoms with E-state index in [1.807, 2.05) is 39.8 Å². The molecule has 63 heavy (non-hydrogen) atoms. The maximum absolute atomic E-state index is 11.3. The van der Waals surface area contributed by atoms with Crippen molar-refractivity contribution in [1.29, 1.82) is 0 Å². The van der Waals surface area contributed by atoms with E-state index in [4.69, 9.17) is 14.9 Å². The fourth-order valence-corrected chi connectivity index (χ4v) is 13.4. The van der Waals surface area contributed by atoms with Crippen LogP contribution in [0.15, 0.2) is 59.0 Å². The Labute approximate surface area is 381 Å². The minimum atomic E-state index is -0.887. The highest BCUT2D eigenvalue weighted by Gasteiger charge is 2.38. The zero-order chi connectivity index (χ0) is 43.9. The number of unbranched alkanes of at least 4 members (excludes halogenated alkanes) is 2. The van der Waals surface area contributed by atoms with E-state index >= 15 is 0 Å². The molecule has 0 saturated heterocycles. The number of aryl methyl sites for hydroxylation is 4. The lowest BCUT2D eigenvalue weighted by Gasteiger charge is -2.32. The number of aromatic amines is 1. The summed E-state index contributed by atoms with van der Waals surface area (Å²) in [6.07, 6.45) is 15.4. The third kappa shape index (κ3) is 11.4. The summed E-state index contributed by atoms with van der Waals surface area (Å²) in [6.45, 7) is 3.11. The maximum Gasteiger partial charge on any atom is 0.161 e. The molecule has 4 bridgehead atoms. The number of phenols is 1. The van der Waals surface area contributed by atoms with Crippen molar-refractivity contribution in [2.24, 2.45) is 29.4 Å². The number of furan rings is 1. The molecule has 1 saturated carbocycles. The van der Waals surface area contributed by atoms with Crippen LogP contribution in [-0.2, 0) is 38.0 Å². The number of aliphatic hydroxyl groups is 4. The van der Waals surface area contributed by atoms with Gasteiger partial charge in [-0.3, -0.25) is 0 Å². The number of nitrogens with two attached hydrogens (primary N) is 1. The van der Waals surface area contributed by atoms with Crippen LogP contribution in [0.1, 0.15) is 139 Å². The van der Waals surface area contributed by atoms with Crippen LogP contribution in [0.25, 0.3) is 6.08 Å². The summed E-state index contributed by atoms with van der Waals surface area (Å²) in [5.41, 5.74) is 15.4. The van der Waals surface area contributed by atoms with Crippen LogP contribution >= 0.6 is 21.6 Å². The maximum atomic E-state index is 11.3. The lowest BCUT2D eigenvalue weighted by atomic mass is 9.79. The number of hydrogen-bond donors (Lipinski definition) is 8. The fourth-order valence-electron chi connectivity index (χ4n) is 10.9. The van der Waals surface area contributed by atoms with Gasteiger partial charge in [0.1, 0.15) is 24.2 Å². The molecular weight excluding hydrogens is 831 g/mol. The quantitative estimate of drug-likeness (QED) is 0.0354. The van der Waals surface area contributed by atoms with Crippen molar-refractivity contribution in [1.82, 2.24) is 10.3 Å². The number of fused-ring (bicyclic) bond motifs is 8. The molecule has 3 aliphatic carbocycles. The first-order chi connectivity index (χ1) is 30.6. The first kappa shape index (κ1) is 46.3. The van der Waals surface area contributed by atoms with Crippen LogP contribution in [0.3, 0.4) is 0 Å². The lowest BCUT2D eigenvalue weighted by molar-refractivity contribution is 0.103. The molecule has 9 N–H and O–H groups in total. The third-order valence-corrected chi connectivity index (χ3v) is 16.8. The van der Waals surface area contributed by atoms with Gasteiger partial charge in [0, 0.05) is 72.3 Å². The molecule has 1 fully saturated rings. The molecule has 0 spiro atoms. The van der Waals surface area contributed by atoms with Gasteiger partial charge in [-0.15, -0.1) is 0 Å². The summed E-state index contributed by atoms with van der Waals surface area (Å²) in [4.78, 5) is 3.54. The van der Waals surface area contributed by atoms with E-state index in [1.165, 1.54) is 41.6 Å². The Morgan fingerprint density at radius 3 is 2.75 bits per heavy atom. The summed E-state index contributed by atoms with van der Waals surface area (Å²) in [7, 11) is 3.80. The molecule has 2 aromatic heterocycles. The van der Waals surface area contributed by atoms with Crippen LogP contribution in [0.2, 0.25) is 0 Å². The van der Waals surface area contributed by atoms with E-state index in [2.05, 4.69) is 46.7 Å². The van der Waals surface area contributed by atoms with Crippen molar-refractivity contribution >= 4 is 27.7 Å². The van der Waals surface area contributed by atoms with Crippen LogP contribution in [0.5, 0.6) is 11.5 Å². The largest absolute Gasteiger partial charge is 0.504 e. The minimum Gasteiger partial charge on any atom is -0.504 e. The second kappa shape index (κ2) is 21.9. The molecule has 4 heterocycles. The number of aliphatic hydroxyl groups excluding tert-OH is 4. The number of aromatic nitrogens is 1. The zero-order valence-corrected chi connectivity index (χ0v) is 38.5. The Morgan fingerprint density at radius 2 is 1.89 bits per heavy atom. The zero-order valence-electron chi connectivity index (χ0n) is 36.9. The SMILES string of the molecule is CC(O)CNCC1c2cc(C(O)COc3cc(CCc4cc(CO)c(CCCCCC5CSSCc6cccc7c6C=CC(CC5N)C7O)o4)ccc3O)[nH]c2CCC2CCCC21. The first-order valence-electron chi connectivity index (χ1n) is 23.6. The normalized spacial score (nSPS) is 25.5. The highest BCUT2D eigenvalue weighted by Crippen LogP contribution is 2.48. The summed E-state index contributed by atoms with van der Waals surface area (Å²) >= 11 is 0. The molecule has 9 unspecified atom stereocenters. The van der Waals surface area contributed by atoms with Gasteiger partial charge in [-0.25, -0.2) is 0 Å². The van der Waals surface area contributed by atoms with Gasteiger partial charge in [0.2, 0.25) is 0 Å². The molecule has 0 radical (unpaired) electrons. The van der Waals surface area contributed by atoms with Crippen molar-refractivity contribution in [3.8, 4) is 11.5 Å².